The smallest absolute Gasteiger partial charge is 0.158 e. The molecule has 90 valence electrons. The number of rotatable bonds is 1. The van der Waals surface area contributed by atoms with Gasteiger partial charge < -0.3 is 9.80 Å². The second kappa shape index (κ2) is 3.96. The first-order chi connectivity index (χ1) is 8.25. The molecule has 1 saturated heterocycles. The summed E-state index contributed by atoms with van der Waals surface area (Å²) < 4.78 is 1.79. The Bertz CT molecular complexity index is 526. The lowest BCUT2D eigenvalue weighted by molar-refractivity contribution is 0.312. The van der Waals surface area contributed by atoms with E-state index in [1.54, 1.807) is 4.68 Å². The number of aromatic nitrogens is 4. The average molecular weight is 232 g/mol. The Hall–Kier alpha value is -1.69. The predicted molar refractivity (Wildman–Crippen MR) is 66.0 cm³/mol. The molecule has 2 aromatic heterocycles. The third-order valence-corrected chi connectivity index (χ3v) is 3.31. The summed E-state index contributed by atoms with van der Waals surface area (Å²) >= 11 is 0. The highest BCUT2D eigenvalue weighted by Gasteiger charge is 2.19. The number of hydrogen-bond donors (Lipinski definition) is 0. The fourth-order valence-corrected chi connectivity index (χ4v) is 2.20. The number of fused-ring (bicyclic) bond motifs is 1. The van der Waals surface area contributed by atoms with E-state index in [0.717, 1.165) is 43.0 Å². The van der Waals surface area contributed by atoms with E-state index < -0.39 is 0 Å². The van der Waals surface area contributed by atoms with Crippen LogP contribution in [0.25, 0.3) is 11.0 Å². The number of pyridine rings is 1. The SMILES string of the molecule is CN1CCN(c2nccc3c2nnn3C)CC1. The van der Waals surface area contributed by atoms with Gasteiger partial charge in [-0.15, -0.1) is 5.10 Å². The van der Waals surface area contributed by atoms with Crippen molar-refractivity contribution in [3.8, 4) is 0 Å². The molecule has 0 aromatic carbocycles. The van der Waals surface area contributed by atoms with Crippen molar-refractivity contribution >= 4 is 16.9 Å². The number of anilines is 1. The Morgan fingerprint density at radius 1 is 1.12 bits per heavy atom. The zero-order valence-corrected chi connectivity index (χ0v) is 10.2. The highest BCUT2D eigenvalue weighted by molar-refractivity contribution is 5.85. The normalized spacial score (nSPS) is 17.9. The quantitative estimate of drug-likeness (QED) is 0.698. The van der Waals surface area contributed by atoms with Gasteiger partial charge in [0.1, 0.15) is 0 Å². The molecule has 0 bridgehead atoms. The molecule has 6 heteroatoms. The van der Waals surface area contributed by atoms with Crippen molar-refractivity contribution in [1.29, 1.82) is 0 Å². The topological polar surface area (TPSA) is 50.1 Å². The minimum Gasteiger partial charge on any atom is -0.352 e. The van der Waals surface area contributed by atoms with Gasteiger partial charge in [0.25, 0.3) is 0 Å². The van der Waals surface area contributed by atoms with E-state index in [1.807, 2.05) is 19.3 Å². The van der Waals surface area contributed by atoms with Gasteiger partial charge in [0, 0.05) is 39.4 Å². The predicted octanol–water partition coefficient (Wildman–Crippen LogP) is 0.115. The summed E-state index contributed by atoms with van der Waals surface area (Å²) in [6.45, 7) is 4.13. The maximum atomic E-state index is 4.46. The fourth-order valence-electron chi connectivity index (χ4n) is 2.20. The second-order valence-corrected chi connectivity index (χ2v) is 4.51. The van der Waals surface area contributed by atoms with Crippen LogP contribution in [0.3, 0.4) is 0 Å². The van der Waals surface area contributed by atoms with Gasteiger partial charge in [-0.2, -0.15) is 0 Å². The zero-order valence-electron chi connectivity index (χ0n) is 10.2. The van der Waals surface area contributed by atoms with E-state index in [1.165, 1.54) is 0 Å². The van der Waals surface area contributed by atoms with Gasteiger partial charge in [0.15, 0.2) is 11.3 Å². The summed E-state index contributed by atoms with van der Waals surface area (Å²) in [6.07, 6.45) is 1.83. The van der Waals surface area contributed by atoms with Crippen LogP contribution in [0.5, 0.6) is 0 Å². The monoisotopic (exact) mass is 232 g/mol. The number of nitrogens with zero attached hydrogens (tertiary/aromatic N) is 6. The van der Waals surface area contributed by atoms with E-state index in [2.05, 4.69) is 32.1 Å². The lowest BCUT2D eigenvalue weighted by Crippen LogP contribution is -2.44. The molecule has 0 spiro atoms. The van der Waals surface area contributed by atoms with E-state index >= 15 is 0 Å². The molecule has 0 saturated carbocycles. The van der Waals surface area contributed by atoms with Gasteiger partial charge >= 0.3 is 0 Å². The van der Waals surface area contributed by atoms with Crippen LogP contribution in [0.1, 0.15) is 0 Å². The van der Waals surface area contributed by atoms with Crippen molar-refractivity contribution < 1.29 is 0 Å². The third kappa shape index (κ3) is 1.74. The third-order valence-electron chi connectivity index (χ3n) is 3.31. The Balaban J connectivity index is 2.00. The summed E-state index contributed by atoms with van der Waals surface area (Å²) in [6, 6.07) is 1.95. The lowest BCUT2D eigenvalue weighted by Gasteiger charge is -2.33. The fraction of sp³-hybridized carbons (Fsp3) is 0.545. The van der Waals surface area contributed by atoms with Crippen LogP contribution in [0.4, 0.5) is 5.82 Å². The van der Waals surface area contributed by atoms with Crippen molar-refractivity contribution in [1.82, 2.24) is 24.9 Å². The van der Waals surface area contributed by atoms with Crippen molar-refractivity contribution in [3.63, 3.8) is 0 Å². The number of likely N-dealkylation sites (N-methyl/N-ethyl adjacent to an activating group) is 1. The summed E-state index contributed by atoms with van der Waals surface area (Å²) in [5, 5.41) is 8.26. The first kappa shape index (κ1) is 10.5. The Labute approximate surface area is 99.8 Å². The number of piperazine rings is 1. The molecule has 2 aromatic rings. The van der Waals surface area contributed by atoms with Gasteiger partial charge in [-0.3, -0.25) is 0 Å². The van der Waals surface area contributed by atoms with Crippen LogP contribution < -0.4 is 4.90 Å². The maximum absolute atomic E-state index is 4.46. The van der Waals surface area contributed by atoms with E-state index in [4.69, 9.17) is 0 Å². The molecule has 0 N–H and O–H groups in total. The van der Waals surface area contributed by atoms with E-state index in [9.17, 15) is 0 Å². The standard InChI is InChI=1S/C11H16N6/c1-15-5-7-17(8-6-15)11-10-9(3-4-12-11)16(2)14-13-10/h3-4H,5-8H2,1-2H3. The second-order valence-electron chi connectivity index (χ2n) is 4.51. The summed E-state index contributed by atoms with van der Waals surface area (Å²) in [5.41, 5.74) is 1.94. The molecule has 17 heavy (non-hydrogen) atoms. The molecule has 1 aliphatic heterocycles. The summed E-state index contributed by atoms with van der Waals surface area (Å²) in [4.78, 5) is 9.08. The van der Waals surface area contributed by atoms with Gasteiger partial charge in [0.2, 0.25) is 0 Å². The molecule has 1 fully saturated rings. The van der Waals surface area contributed by atoms with Gasteiger partial charge in [0.05, 0.1) is 5.52 Å². The highest BCUT2D eigenvalue weighted by Crippen LogP contribution is 2.22. The molecule has 3 heterocycles. The Morgan fingerprint density at radius 3 is 2.65 bits per heavy atom. The van der Waals surface area contributed by atoms with Crippen molar-refractivity contribution in [2.45, 2.75) is 0 Å². The van der Waals surface area contributed by atoms with Crippen LogP contribution in [-0.4, -0.2) is 58.1 Å². The summed E-state index contributed by atoms with van der Waals surface area (Å²) in [5.74, 6) is 0.962. The summed E-state index contributed by atoms with van der Waals surface area (Å²) in [7, 11) is 4.05. The first-order valence-electron chi connectivity index (χ1n) is 5.83. The highest BCUT2D eigenvalue weighted by atomic mass is 15.4. The van der Waals surface area contributed by atoms with Gasteiger partial charge in [-0.05, 0) is 13.1 Å². The molecule has 0 aliphatic carbocycles. The van der Waals surface area contributed by atoms with Crippen LogP contribution >= 0.6 is 0 Å². The van der Waals surface area contributed by atoms with Crippen LogP contribution in [-0.2, 0) is 7.05 Å². The molecule has 0 unspecified atom stereocenters. The molecule has 1 aliphatic rings. The first-order valence-corrected chi connectivity index (χ1v) is 5.83. The van der Waals surface area contributed by atoms with Crippen molar-refractivity contribution in [3.05, 3.63) is 12.3 Å². The molecule has 0 amide bonds. The molecule has 6 nitrogen and oxygen atoms in total. The van der Waals surface area contributed by atoms with Crippen molar-refractivity contribution in [2.75, 3.05) is 38.1 Å². The molecular weight excluding hydrogens is 216 g/mol. The molecule has 0 atom stereocenters. The minimum absolute atomic E-state index is 0.902. The van der Waals surface area contributed by atoms with E-state index in [-0.39, 0.29) is 0 Å². The Kier molecular flexibility index (Phi) is 2.44. The van der Waals surface area contributed by atoms with Crippen molar-refractivity contribution in [2.24, 2.45) is 7.05 Å². The molecule has 0 radical (unpaired) electrons. The molecule has 3 rings (SSSR count). The number of hydrogen-bond acceptors (Lipinski definition) is 5. The lowest BCUT2D eigenvalue weighted by atomic mass is 10.3. The van der Waals surface area contributed by atoms with Gasteiger partial charge in [-0.1, -0.05) is 5.21 Å². The molecular formula is C11H16N6. The average Bonchev–Trinajstić information content (AvgIpc) is 2.73. The van der Waals surface area contributed by atoms with Crippen LogP contribution in [0, 0.1) is 0 Å². The minimum atomic E-state index is 0.902. The Morgan fingerprint density at radius 2 is 1.88 bits per heavy atom. The number of aryl methyl sites for hydroxylation is 1. The van der Waals surface area contributed by atoms with Gasteiger partial charge in [-0.25, -0.2) is 9.67 Å². The van der Waals surface area contributed by atoms with Crippen LogP contribution in [0.15, 0.2) is 12.3 Å². The van der Waals surface area contributed by atoms with E-state index in [0.29, 0.717) is 0 Å². The van der Waals surface area contributed by atoms with Crippen LogP contribution in [0.2, 0.25) is 0 Å². The largest absolute Gasteiger partial charge is 0.352 e. The maximum Gasteiger partial charge on any atom is 0.158 e. The zero-order chi connectivity index (χ0) is 11.8.